The topological polar surface area (TPSA) is 164 Å². The van der Waals surface area contributed by atoms with Crippen LogP contribution < -0.4 is 19.1 Å². The zero-order valence-corrected chi connectivity index (χ0v) is 39.8. The Morgan fingerprint density at radius 2 is 1.79 bits per heavy atom. The minimum Gasteiger partial charge on any atom is -0.474 e. The average Bonchev–Trinajstić information content (AvgIpc) is 4.08. The highest BCUT2D eigenvalue weighted by Gasteiger charge is 2.50. The molecule has 358 valence electrons. The minimum absolute atomic E-state index is 0.0267. The normalized spacial score (nSPS) is 22.1. The molecule has 16 nitrogen and oxygen atoms in total. The number of carbonyl (C=O) groups excluding carboxylic acids is 2. The molecule has 3 aromatic heterocycles. The van der Waals surface area contributed by atoms with E-state index in [-0.39, 0.29) is 65.7 Å². The molecule has 0 N–H and O–H groups in total. The predicted molar refractivity (Wildman–Crippen MR) is 248 cm³/mol. The molecular weight excluding hydrogens is 862 g/mol. The van der Waals surface area contributed by atoms with Gasteiger partial charge in [-0.1, -0.05) is 39.0 Å². The molecule has 2 bridgehead atoms. The number of amides is 1. The Hall–Kier alpha value is -5.81. The second-order valence-electron chi connectivity index (χ2n) is 19.7. The Morgan fingerprint density at radius 3 is 2.51 bits per heavy atom. The van der Waals surface area contributed by atoms with E-state index in [2.05, 4.69) is 21.9 Å². The van der Waals surface area contributed by atoms with Crippen LogP contribution in [0, 0.1) is 11.7 Å². The van der Waals surface area contributed by atoms with Crippen LogP contribution in [0.3, 0.4) is 0 Å². The standard InChI is InChI=1S/C50H62FN7O9/c1-9-30-12-10-13-31-20-35(65-28-61-7)21-36(41(30)31)43-42(51)44-37(23-52-43)45(56-24-32-14-15-33(25-56)58(32)48(60)66-49(4,5)6)54-47(53-44)64-27-50-17-11-19-57(50)34(16-18-50)26-63-39-22-38(67-55-39)40(29(2)3)46(59)62-8/h10,12-13,20-23,29,32-34,40H,9,11,14-19,24-28H2,1-8H3/t32?,33?,34-,40?,50-/m1/s1. The number of halogens is 1. The molecule has 67 heavy (non-hydrogen) atoms. The molecular formula is C50H62FN7O9. The van der Waals surface area contributed by atoms with Crippen LogP contribution in [0.4, 0.5) is 15.0 Å². The molecule has 17 heteroatoms. The van der Waals surface area contributed by atoms with Gasteiger partial charge in [-0.3, -0.25) is 19.6 Å². The summed E-state index contributed by atoms with van der Waals surface area (Å²) < 4.78 is 58.1. The third-order valence-electron chi connectivity index (χ3n) is 13.9. The molecule has 4 fully saturated rings. The summed E-state index contributed by atoms with van der Waals surface area (Å²) in [6.45, 7) is 14.0. The number of anilines is 1. The first-order valence-corrected chi connectivity index (χ1v) is 23.6. The third-order valence-corrected chi connectivity index (χ3v) is 13.9. The highest BCUT2D eigenvalue weighted by Crippen LogP contribution is 2.44. The number of hydrogen-bond acceptors (Lipinski definition) is 15. The van der Waals surface area contributed by atoms with Crippen LogP contribution in [0.15, 0.2) is 47.1 Å². The Kier molecular flexibility index (Phi) is 12.9. The molecule has 4 aliphatic rings. The van der Waals surface area contributed by atoms with Crippen molar-refractivity contribution in [1.29, 1.82) is 0 Å². The van der Waals surface area contributed by atoms with Crippen molar-refractivity contribution in [2.45, 2.75) is 122 Å². The van der Waals surface area contributed by atoms with Gasteiger partial charge in [0.15, 0.2) is 18.4 Å². The van der Waals surface area contributed by atoms with Crippen molar-refractivity contribution in [3.8, 4) is 28.9 Å². The molecule has 0 aliphatic carbocycles. The molecule has 5 atom stereocenters. The smallest absolute Gasteiger partial charge is 0.410 e. The number of methoxy groups -OCH3 is 2. The van der Waals surface area contributed by atoms with E-state index in [9.17, 15) is 9.59 Å². The fourth-order valence-corrected chi connectivity index (χ4v) is 10.9. The van der Waals surface area contributed by atoms with E-state index < -0.39 is 17.3 Å². The summed E-state index contributed by atoms with van der Waals surface area (Å²) in [6, 6.07) is 11.3. The summed E-state index contributed by atoms with van der Waals surface area (Å²) in [5.74, 6) is 0.130. The van der Waals surface area contributed by atoms with E-state index in [4.69, 9.17) is 47.9 Å². The maximum absolute atomic E-state index is 17.7. The number of hydrogen-bond donors (Lipinski definition) is 0. The molecule has 0 spiro atoms. The first-order valence-electron chi connectivity index (χ1n) is 23.6. The lowest BCUT2D eigenvalue weighted by Gasteiger charge is -2.42. The predicted octanol–water partition coefficient (Wildman–Crippen LogP) is 8.47. The van der Waals surface area contributed by atoms with Crippen molar-refractivity contribution in [3.05, 3.63) is 59.7 Å². The maximum Gasteiger partial charge on any atom is 0.410 e. The third kappa shape index (κ3) is 9.04. The van der Waals surface area contributed by atoms with E-state index in [1.807, 2.05) is 69.9 Å². The second kappa shape index (κ2) is 18.7. The van der Waals surface area contributed by atoms with Crippen molar-refractivity contribution in [2.24, 2.45) is 5.92 Å². The zero-order valence-electron chi connectivity index (χ0n) is 39.8. The lowest BCUT2D eigenvalue weighted by atomic mass is 9.93. The summed E-state index contributed by atoms with van der Waals surface area (Å²) in [7, 11) is 2.92. The van der Waals surface area contributed by atoms with Gasteiger partial charge in [0.25, 0.3) is 5.88 Å². The molecule has 0 saturated carbocycles. The van der Waals surface area contributed by atoms with E-state index >= 15 is 4.39 Å². The van der Waals surface area contributed by atoms with Crippen molar-refractivity contribution in [1.82, 2.24) is 29.9 Å². The number of aryl methyl sites for hydroxylation is 1. The van der Waals surface area contributed by atoms with E-state index in [1.165, 1.54) is 7.11 Å². The van der Waals surface area contributed by atoms with Crippen LogP contribution in [-0.4, -0.2) is 125 Å². The lowest BCUT2D eigenvalue weighted by Crippen LogP contribution is -2.57. The first-order chi connectivity index (χ1) is 32.2. The van der Waals surface area contributed by atoms with Gasteiger partial charge < -0.3 is 37.8 Å². The van der Waals surface area contributed by atoms with Gasteiger partial charge in [0.1, 0.15) is 47.5 Å². The van der Waals surface area contributed by atoms with Crippen LogP contribution in [0.25, 0.3) is 32.9 Å². The Morgan fingerprint density at radius 1 is 1.00 bits per heavy atom. The van der Waals surface area contributed by atoms with Gasteiger partial charge in [0.2, 0.25) is 0 Å². The Balaban J connectivity index is 1.03. The van der Waals surface area contributed by atoms with Crippen LogP contribution in [0.5, 0.6) is 17.6 Å². The fourth-order valence-electron chi connectivity index (χ4n) is 10.9. The van der Waals surface area contributed by atoms with Gasteiger partial charge in [0, 0.05) is 44.1 Å². The second-order valence-corrected chi connectivity index (χ2v) is 19.7. The van der Waals surface area contributed by atoms with E-state index in [1.54, 1.807) is 19.4 Å². The summed E-state index contributed by atoms with van der Waals surface area (Å²) >= 11 is 0. The van der Waals surface area contributed by atoms with Gasteiger partial charge in [-0.15, -0.1) is 0 Å². The average molecular weight is 924 g/mol. The molecule has 3 unspecified atom stereocenters. The van der Waals surface area contributed by atoms with Gasteiger partial charge in [0.05, 0.1) is 30.1 Å². The number of aromatic nitrogens is 4. The molecule has 9 rings (SSSR count). The summed E-state index contributed by atoms with van der Waals surface area (Å²) in [4.78, 5) is 47.1. The number of fused-ring (bicyclic) bond motifs is 5. The molecule has 1 amide bonds. The number of nitrogens with zero attached hydrogens (tertiary/aromatic N) is 7. The summed E-state index contributed by atoms with van der Waals surface area (Å²) in [5, 5.41) is 6.34. The van der Waals surface area contributed by atoms with Crippen molar-refractivity contribution in [3.63, 3.8) is 0 Å². The highest BCUT2D eigenvalue weighted by atomic mass is 19.1. The number of carbonyl (C=O) groups is 2. The number of pyridine rings is 1. The van der Waals surface area contributed by atoms with Crippen LogP contribution in [0.2, 0.25) is 0 Å². The van der Waals surface area contributed by atoms with Gasteiger partial charge in [-0.2, -0.15) is 9.97 Å². The van der Waals surface area contributed by atoms with E-state index in [0.29, 0.717) is 60.5 Å². The first kappa shape index (κ1) is 46.3. The number of ether oxygens (including phenoxy) is 6. The fraction of sp³-hybridized carbons (Fsp3) is 0.560. The van der Waals surface area contributed by atoms with Crippen LogP contribution >= 0.6 is 0 Å². The Bertz CT molecular complexity index is 2620. The van der Waals surface area contributed by atoms with Crippen LogP contribution in [-0.2, 0) is 25.4 Å². The van der Waals surface area contributed by atoms with E-state index in [0.717, 1.165) is 67.8 Å². The minimum atomic E-state index is -0.631. The van der Waals surface area contributed by atoms with Gasteiger partial charge >= 0.3 is 18.1 Å². The SMILES string of the molecule is CCc1cccc2cc(OCOC)cc(-c3ncc4c(N5CC6CCC(C5)N6C(=O)OC(C)(C)C)nc(OC[C@]56CCCN5[C@@H](COc5cc(C(C(=O)OC)C(C)C)on5)CC6)nc4c3F)c12. The highest BCUT2D eigenvalue weighted by molar-refractivity contribution is 6.01. The molecule has 4 aliphatic heterocycles. The lowest BCUT2D eigenvalue weighted by molar-refractivity contribution is -0.144. The largest absolute Gasteiger partial charge is 0.474 e. The maximum atomic E-state index is 17.7. The Labute approximate surface area is 390 Å². The molecule has 5 aromatic rings. The van der Waals surface area contributed by atoms with Crippen LogP contribution in [0.1, 0.15) is 97.3 Å². The molecule has 2 aromatic carbocycles. The molecule has 4 saturated heterocycles. The number of esters is 1. The number of rotatable bonds is 15. The van der Waals surface area contributed by atoms with Gasteiger partial charge in [-0.05, 0) is 112 Å². The monoisotopic (exact) mass is 923 g/mol. The van der Waals surface area contributed by atoms with Crippen molar-refractivity contribution >= 4 is 39.6 Å². The summed E-state index contributed by atoms with van der Waals surface area (Å²) in [6.07, 6.45) is 7.28. The number of piperazine rings is 1. The molecule has 7 heterocycles. The summed E-state index contributed by atoms with van der Waals surface area (Å²) in [5.41, 5.74) is 0.908. The number of benzene rings is 2. The van der Waals surface area contributed by atoms with Crippen molar-refractivity contribution in [2.75, 3.05) is 58.8 Å². The van der Waals surface area contributed by atoms with Crippen molar-refractivity contribution < 1.29 is 46.9 Å². The quantitative estimate of drug-likeness (QED) is 0.0725. The molecule has 0 radical (unpaired) electrons. The zero-order chi connectivity index (χ0) is 47.2. The van der Waals surface area contributed by atoms with Gasteiger partial charge in [-0.25, -0.2) is 9.18 Å².